The van der Waals surface area contributed by atoms with Crippen LogP contribution in [0.1, 0.15) is 29.9 Å². The average molecular weight is 301 g/mol. The Labute approximate surface area is 128 Å². The number of benzene rings is 1. The van der Waals surface area contributed by atoms with E-state index in [1.165, 1.54) is 12.1 Å². The zero-order valence-corrected chi connectivity index (χ0v) is 12.9. The van der Waals surface area contributed by atoms with E-state index in [1.54, 1.807) is 18.2 Å². The Morgan fingerprint density at radius 1 is 1.36 bits per heavy atom. The van der Waals surface area contributed by atoms with Crippen molar-refractivity contribution in [1.29, 1.82) is 0 Å². The van der Waals surface area contributed by atoms with Crippen molar-refractivity contribution in [3.63, 3.8) is 0 Å². The second-order valence-corrected chi connectivity index (χ2v) is 5.70. The van der Waals surface area contributed by atoms with Gasteiger partial charge in [0.15, 0.2) is 0 Å². The van der Waals surface area contributed by atoms with Gasteiger partial charge < -0.3 is 10.3 Å². The number of nitrogens with zero attached hydrogens (tertiary/aromatic N) is 2. The predicted molar refractivity (Wildman–Crippen MR) is 84.6 cm³/mol. The molecule has 1 heterocycles. The normalized spacial score (nSPS) is 10.9. The minimum absolute atomic E-state index is 0.0214. The minimum Gasteiger partial charge on any atom is -0.366 e. The molecule has 2 rings (SSSR count). The lowest BCUT2D eigenvalue weighted by Crippen LogP contribution is -2.13. The van der Waals surface area contributed by atoms with Crippen molar-refractivity contribution in [1.82, 2.24) is 4.57 Å². The number of nitrogens with two attached hydrogens (primary N) is 1. The third kappa shape index (κ3) is 3.00. The molecule has 0 radical (unpaired) electrons. The van der Waals surface area contributed by atoms with Crippen molar-refractivity contribution in [3.8, 4) is 11.3 Å². The van der Waals surface area contributed by atoms with E-state index in [4.69, 9.17) is 5.73 Å². The van der Waals surface area contributed by atoms with Crippen LogP contribution in [-0.4, -0.2) is 15.4 Å². The van der Waals surface area contributed by atoms with Crippen molar-refractivity contribution in [2.24, 2.45) is 11.7 Å². The van der Waals surface area contributed by atoms with Crippen LogP contribution in [0.3, 0.4) is 0 Å². The number of primary amides is 1. The number of non-ortho nitro benzene ring substituents is 1. The molecule has 0 bridgehead atoms. The molecule has 0 aliphatic rings. The summed E-state index contributed by atoms with van der Waals surface area (Å²) in [7, 11) is 0. The maximum atomic E-state index is 11.6. The highest BCUT2D eigenvalue weighted by Gasteiger charge is 2.18. The molecule has 2 aromatic rings. The summed E-state index contributed by atoms with van der Waals surface area (Å²) in [5.74, 6) is -0.129. The number of hydrogen-bond acceptors (Lipinski definition) is 3. The van der Waals surface area contributed by atoms with Gasteiger partial charge in [-0.2, -0.15) is 0 Å². The summed E-state index contributed by atoms with van der Waals surface area (Å²) in [6.45, 7) is 6.68. The molecule has 1 aromatic heterocycles. The van der Waals surface area contributed by atoms with Gasteiger partial charge in [-0.15, -0.1) is 0 Å². The van der Waals surface area contributed by atoms with E-state index in [0.717, 1.165) is 11.4 Å². The second kappa shape index (κ2) is 6.01. The van der Waals surface area contributed by atoms with E-state index in [9.17, 15) is 14.9 Å². The molecule has 0 aliphatic heterocycles. The predicted octanol–water partition coefficient (Wildman–Crippen LogP) is 3.13. The molecule has 6 nitrogen and oxygen atoms in total. The van der Waals surface area contributed by atoms with Gasteiger partial charge in [-0.1, -0.05) is 26.0 Å². The number of nitro benzene ring substituents is 1. The van der Waals surface area contributed by atoms with E-state index in [-0.39, 0.29) is 5.69 Å². The number of hydrogen-bond donors (Lipinski definition) is 1. The summed E-state index contributed by atoms with van der Waals surface area (Å²) < 4.78 is 1.99. The first-order valence-corrected chi connectivity index (χ1v) is 7.06. The average Bonchev–Trinajstić information content (AvgIpc) is 2.76. The lowest BCUT2D eigenvalue weighted by molar-refractivity contribution is -0.384. The van der Waals surface area contributed by atoms with Gasteiger partial charge in [0.2, 0.25) is 0 Å². The van der Waals surface area contributed by atoms with Gasteiger partial charge in [0, 0.05) is 35.6 Å². The number of amides is 1. The van der Waals surface area contributed by atoms with Crippen molar-refractivity contribution in [2.75, 3.05) is 0 Å². The first-order chi connectivity index (χ1) is 10.3. The van der Waals surface area contributed by atoms with Crippen LogP contribution in [-0.2, 0) is 6.54 Å². The molecule has 6 heteroatoms. The summed E-state index contributed by atoms with van der Waals surface area (Å²) in [4.78, 5) is 22.1. The van der Waals surface area contributed by atoms with Gasteiger partial charge in [-0.05, 0) is 18.9 Å². The summed E-state index contributed by atoms with van der Waals surface area (Å²) in [5, 5.41) is 11.0. The summed E-state index contributed by atoms with van der Waals surface area (Å²) in [5.41, 5.74) is 8.14. The number of carbonyl (C=O) groups is 1. The Bertz CT molecular complexity index is 732. The SMILES string of the molecule is Cc1c(C(N)=O)cc(-c2cccc([N+](=O)[O-])c2)n1CC(C)C. The molecule has 116 valence electrons. The molecule has 0 atom stereocenters. The number of carbonyl (C=O) groups excluding carboxylic acids is 1. The topological polar surface area (TPSA) is 91.2 Å². The standard InChI is InChI=1S/C16H19N3O3/c1-10(2)9-18-11(3)14(16(17)20)8-15(18)12-5-4-6-13(7-12)19(21)22/h4-8,10H,9H2,1-3H3,(H2,17,20). The first kappa shape index (κ1) is 15.8. The number of nitro groups is 1. The highest BCUT2D eigenvalue weighted by molar-refractivity contribution is 5.95. The molecular formula is C16H19N3O3. The highest BCUT2D eigenvalue weighted by Crippen LogP contribution is 2.29. The molecular weight excluding hydrogens is 282 g/mol. The Kier molecular flexibility index (Phi) is 4.30. The van der Waals surface area contributed by atoms with Gasteiger partial charge in [0.25, 0.3) is 11.6 Å². The molecule has 0 fully saturated rings. The van der Waals surface area contributed by atoms with E-state index >= 15 is 0 Å². The first-order valence-electron chi connectivity index (χ1n) is 7.06. The van der Waals surface area contributed by atoms with Crippen molar-refractivity contribution in [3.05, 3.63) is 51.7 Å². The van der Waals surface area contributed by atoms with Gasteiger partial charge in [-0.3, -0.25) is 14.9 Å². The second-order valence-electron chi connectivity index (χ2n) is 5.70. The molecule has 0 aliphatic carbocycles. The number of aromatic nitrogens is 1. The summed E-state index contributed by atoms with van der Waals surface area (Å²) in [6, 6.07) is 8.10. The Morgan fingerprint density at radius 3 is 2.59 bits per heavy atom. The molecule has 1 amide bonds. The van der Waals surface area contributed by atoms with Gasteiger partial charge in [0.1, 0.15) is 0 Å². The van der Waals surface area contributed by atoms with Gasteiger partial charge in [0.05, 0.1) is 10.5 Å². The molecule has 0 unspecified atom stereocenters. The van der Waals surface area contributed by atoms with Crippen LogP contribution in [0.5, 0.6) is 0 Å². The van der Waals surface area contributed by atoms with Crippen LogP contribution in [0, 0.1) is 23.0 Å². The molecule has 22 heavy (non-hydrogen) atoms. The van der Waals surface area contributed by atoms with Crippen LogP contribution in [0.15, 0.2) is 30.3 Å². The zero-order chi connectivity index (χ0) is 16.4. The number of rotatable bonds is 5. The molecule has 0 spiro atoms. The fraction of sp³-hybridized carbons (Fsp3) is 0.312. The molecule has 0 saturated heterocycles. The summed E-state index contributed by atoms with van der Waals surface area (Å²) in [6.07, 6.45) is 0. The smallest absolute Gasteiger partial charge is 0.270 e. The van der Waals surface area contributed by atoms with Crippen LogP contribution in [0.2, 0.25) is 0 Å². The van der Waals surface area contributed by atoms with Gasteiger partial charge >= 0.3 is 0 Å². The Hall–Kier alpha value is -2.63. The lowest BCUT2D eigenvalue weighted by Gasteiger charge is -2.14. The van der Waals surface area contributed by atoms with Crippen molar-refractivity contribution >= 4 is 11.6 Å². The minimum atomic E-state index is -0.494. The zero-order valence-electron chi connectivity index (χ0n) is 12.9. The maximum absolute atomic E-state index is 11.6. The van der Waals surface area contributed by atoms with Crippen LogP contribution in [0.4, 0.5) is 5.69 Å². The van der Waals surface area contributed by atoms with Crippen LogP contribution in [0.25, 0.3) is 11.3 Å². The lowest BCUT2D eigenvalue weighted by atomic mass is 10.1. The van der Waals surface area contributed by atoms with E-state index < -0.39 is 10.8 Å². The Morgan fingerprint density at radius 2 is 2.05 bits per heavy atom. The molecule has 1 aromatic carbocycles. The quantitative estimate of drug-likeness (QED) is 0.679. The van der Waals surface area contributed by atoms with Crippen LogP contribution < -0.4 is 5.73 Å². The van der Waals surface area contributed by atoms with Crippen molar-refractivity contribution < 1.29 is 9.72 Å². The van der Waals surface area contributed by atoms with E-state index in [2.05, 4.69) is 13.8 Å². The van der Waals surface area contributed by atoms with E-state index in [0.29, 0.717) is 23.6 Å². The Balaban J connectivity index is 2.63. The van der Waals surface area contributed by atoms with E-state index in [1.807, 2.05) is 11.5 Å². The van der Waals surface area contributed by atoms with Crippen molar-refractivity contribution in [2.45, 2.75) is 27.3 Å². The highest BCUT2D eigenvalue weighted by atomic mass is 16.6. The van der Waals surface area contributed by atoms with Crippen LogP contribution >= 0.6 is 0 Å². The summed E-state index contributed by atoms with van der Waals surface area (Å²) >= 11 is 0. The third-order valence-corrected chi connectivity index (χ3v) is 3.53. The molecule has 0 saturated carbocycles. The van der Waals surface area contributed by atoms with Gasteiger partial charge in [-0.25, -0.2) is 0 Å². The maximum Gasteiger partial charge on any atom is 0.270 e. The fourth-order valence-corrected chi connectivity index (χ4v) is 2.51. The largest absolute Gasteiger partial charge is 0.366 e. The monoisotopic (exact) mass is 301 g/mol. The molecule has 2 N–H and O–H groups in total. The third-order valence-electron chi connectivity index (χ3n) is 3.53. The fourth-order valence-electron chi connectivity index (χ4n) is 2.51.